The number of rotatable bonds is 6. The van der Waals surface area contributed by atoms with Crippen LogP contribution in [-0.2, 0) is 5.54 Å². The number of fused-ring (bicyclic) bond motifs is 1. The summed E-state index contributed by atoms with van der Waals surface area (Å²) in [5.41, 5.74) is 3.98. The Bertz CT molecular complexity index is 1420. The number of pyridine rings is 1. The number of benzene rings is 4. The summed E-state index contributed by atoms with van der Waals surface area (Å²) >= 11 is 6.28. The quantitative estimate of drug-likeness (QED) is 0.199. The fourth-order valence-electron chi connectivity index (χ4n) is 4.47. The van der Waals surface area contributed by atoms with Crippen molar-refractivity contribution in [1.29, 1.82) is 5.41 Å². The van der Waals surface area contributed by atoms with Gasteiger partial charge < -0.3 is 10.3 Å². The molecule has 34 heavy (non-hydrogen) atoms. The normalized spacial score (nSPS) is 11.3. The lowest BCUT2D eigenvalue weighted by molar-refractivity contribution is 0.712. The predicted octanol–water partition coefficient (Wildman–Crippen LogP) is 6.50. The summed E-state index contributed by atoms with van der Waals surface area (Å²) in [6, 6.07) is 37.5. The predicted molar refractivity (Wildman–Crippen MR) is 140 cm³/mol. The van der Waals surface area contributed by atoms with Gasteiger partial charge in [0.25, 0.3) is 0 Å². The van der Waals surface area contributed by atoms with Crippen molar-refractivity contribution >= 4 is 33.4 Å². The van der Waals surface area contributed by atoms with Crippen molar-refractivity contribution in [3.05, 3.63) is 148 Å². The third-order valence-electron chi connectivity index (χ3n) is 6.04. The maximum Gasteiger partial charge on any atom is 0.248 e. The van der Waals surface area contributed by atoms with Crippen LogP contribution >= 0.6 is 11.6 Å². The lowest BCUT2D eigenvalue weighted by Gasteiger charge is -2.38. The van der Waals surface area contributed by atoms with Crippen molar-refractivity contribution in [2.24, 2.45) is 0 Å². The molecule has 4 nitrogen and oxygen atoms in total. The lowest BCUT2D eigenvalue weighted by Crippen LogP contribution is -2.38. The smallest absolute Gasteiger partial charge is 0.248 e. The molecule has 0 radical (unpaired) electrons. The molecule has 0 fully saturated rings. The van der Waals surface area contributed by atoms with Gasteiger partial charge in [0.2, 0.25) is 5.56 Å². The van der Waals surface area contributed by atoms with Gasteiger partial charge in [0, 0.05) is 17.3 Å². The molecule has 0 aliphatic carbocycles. The Balaban J connectivity index is 1.84. The summed E-state index contributed by atoms with van der Waals surface area (Å²) in [7, 11) is 0. The minimum Gasteiger partial charge on any atom is -0.367 e. The number of anilines is 1. The van der Waals surface area contributed by atoms with Crippen LogP contribution in [0.15, 0.2) is 120 Å². The first-order valence-corrected chi connectivity index (χ1v) is 11.3. The molecule has 5 rings (SSSR count). The third kappa shape index (κ3) is 3.89. The van der Waals surface area contributed by atoms with Gasteiger partial charge in [0.1, 0.15) is 10.7 Å². The fourth-order valence-corrected chi connectivity index (χ4v) is 4.63. The minimum absolute atomic E-state index is 0.0846. The first kappa shape index (κ1) is 21.7. The Morgan fingerprint density at radius 2 is 1.24 bits per heavy atom. The van der Waals surface area contributed by atoms with Crippen LogP contribution < -0.4 is 10.9 Å². The van der Waals surface area contributed by atoms with Crippen molar-refractivity contribution in [3.8, 4) is 0 Å². The molecule has 0 atom stereocenters. The molecule has 0 bridgehead atoms. The Kier molecular flexibility index (Phi) is 5.74. The SMILES string of the molecule is N=C(Cl)c1cc2ccc(=O)[nH]c2cc1NC(c1ccccc1)(c1ccccc1)c1ccccc1. The molecule has 1 heterocycles. The molecular formula is C29H22ClN3O. The number of nitrogens with one attached hydrogen (secondary N) is 3. The number of hydrogen-bond acceptors (Lipinski definition) is 3. The van der Waals surface area contributed by atoms with Crippen LogP contribution in [0.3, 0.4) is 0 Å². The summed E-state index contributed by atoms with van der Waals surface area (Å²) < 4.78 is 0. The van der Waals surface area contributed by atoms with Crippen LogP contribution in [0.1, 0.15) is 22.3 Å². The Hall–Kier alpha value is -4.15. The highest BCUT2D eigenvalue weighted by atomic mass is 35.5. The van der Waals surface area contributed by atoms with Crippen LogP contribution in [0.4, 0.5) is 5.69 Å². The number of H-pyrrole nitrogens is 1. The van der Waals surface area contributed by atoms with E-state index < -0.39 is 5.54 Å². The molecule has 3 N–H and O–H groups in total. The number of hydrogen-bond donors (Lipinski definition) is 3. The first-order chi connectivity index (χ1) is 16.6. The summed E-state index contributed by atoms with van der Waals surface area (Å²) in [6.07, 6.45) is 0. The number of aromatic nitrogens is 1. The molecule has 0 amide bonds. The number of halogens is 1. The maximum atomic E-state index is 12.0. The van der Waals surface area contributed by atoms with Crippen LogP contribution in [0.25, 0.3) is 10.9 Å². The molecule has 166 valence electrons. The molecule has 0 aliphatic heterocycles. The van der Waals surface area contributed by atoms with Gasteiger partial charge in [-0.1, -0.05) is 103 Å². The zero-order valence-corrected chi connectivity index (χ0v) is 19.0. The minimum atomic E-state index is -0.784. The van der Waals surface area contributed by atoms with Crippen LogP contribution in [0, 0.1) is 5.41 Å². The molecule has 5 heteroatoms. The number of aromatic amines is 1. The average Bonchev–Trinajstić information content (AvgIpc) is 2.88. The second kappa shape index (κ2) is 9.00. The van der Waals surface area contributed by atoms with Gasteiger partial charge in [-0.15, -0.1) is 0 Å². The highest BCUT2D eigenvalue weighted by molar-refractivity contribution is 6.69. The van der Waals surface area contributed by atoms with Crippen molar-refractivity contribution in [2.75, 3.05) is 5.32 Å². The Morgan fingerprint density at radius 1 is 0.735 bits per heavy atom. The summed E-state index contributed by atoms with van der Waals surface area (Å²) in [5, 5.41) is 12.7. The summed E-state index contributed by atoms with van der Waals surface area (Å²) in [4.78, 5) is 14.9. The summed E-state index contributed by atoms with van der Waals surface area (Å²) in [6.45, 7) is 0. The van der Waals surface area contributed by atoms with Crippen LogP contribution in [0.5, 0.6) is 0 Å². The van der Waals surface area contributed by atoms with Gasteiger partial charge in [0.05, 0.1) is 5.52 Å². The molecule has 0 unspecified atom stereocenters. The van der Waals surface area contributed by atoms with Crippen LogP contribution in [0.2, 0.25) is 0 Å². The fraction of sp³-hybridized carbons (Fsp3) is 0.0345. The largest absolute Gasteiger partial charge is 0.367 e. The van der Waals surface area contributed by atoms with Gasteiger partial charge in [-0.3, -0.25) is 10.2 Å². The molecular weight excluding hydrogens is 442 g/mol. The van der Waals surface area contributed by atoms with Gasteiger partial charge in [-0.2, -0.15) is 0 Å². The molecule has 0 aliphatic rings. The highest BCUT2D eigenvalue weighted by Gasteiger charge is 2.37. The zero-order valence-electron chi connectivity index (χ0n) is 18.3. The second-order valence-corrected chi connectivity index (χ2v) is 8.47. The highest BCUT2D eigenvalue weighted by Crippen LogP contribution is 2.41. The van der Waals surface area contributed by atoms with E-state index in [9.17, 15) is 4.79 Å². The molecule has 1 aromatic heterocycles. The molecule has 0 saturated carbocycles. The van der Waals surface area contributed by atoms with E-state index >= 15 is 0 Å². The molecule has 0 spiro atoms. The van der Waals surface area contributed by atoms with Gasteiger partial charge >= 0.3 is 0 Å². The van der Waals surface area contributed by atoms with Gasteiger partial charge in [-0.05, 0) is 40.3 Å². The van der Waals surface area contributed by atoms with E-state index in [0.29, 0.717) is 16.8 Å². The van der Waals surface area contributed by atoms with E-state index in [4.69, 9.17) is 17.0 Å². The van der Waals surface area contributed by atoms with E-state index in [2.05, 4.69) is 46.7 Å². The van der Waals surface area contributed by atoms with E-state index in [1.807, 2.05) is 66.7 Å². The molecule has 0 saturated heterocycles. The first-order valence-electron chi connectivity index (χ1n) is 10.9. The van der Waals surface area contributed by atoms with Crippen molar-refractivity contribution in [1.82, 2.24) is 4.98 Å². The maximum absolute atomic E-state index is 12.0. The second-order valence-electron chi connectivity index (χ2n) is 8.09. The lowest BCUT2D eigenvalue weighted by atomic mass is 9.76. The standard InChI is InChI=1S/C29H22ClN3O/c30-28(31)24-18-20-16-17-27(34)32-25(20)19-26(24)33-29(21-10-4-1-5-11-21,22-12-6-2-7-13-22)23-14-8-3-9-15-23/h1-19,31,33H,(H,32,34). The molecule has 5 aromatic rings. The van der Waals surface area contributed by atoms with E-state index in [-0.39, 0.29) is 10.7 Å². The monoisotopic (exact) mass is 463 g/mol. The zero-order chi connectivity index (χ0) is 23.5. The van der Waals surface area contributed by atoms with E-state index in [1.165, 1.54) is 6.07 Å². The van der Waals surface area contributed by atoms with Gasteiger partial charge in [-0.25, -0.2) is 0 Å². The summed E-state index contributed by atoms with van der Waals surface area (Å²) in [5.74, 6) is 0. The van der Waals surface area contributed by atoms with E-state index in [1.54, 1.807) is 6.07 Å². The van der Waals surface area contributed by atoms with Gasteiger partial charge in [0.15, 0.2) is 0 Å². The molecule has 4 aromatic carbocycles. The Labute approximate surface area is 202 Å². The van der Waals surface area contributed by atoms with E-state index in [0.717, 1.165) is 22.1 Å². The topological polar surface area (TPSA) is 68.7 Å². The average molecular weight is 464 g/mol. The van der Waals surface area contributed by atoms with Crippen molar-refractivity contribution < 1.29 is 0 Å². The van der Waals surface area contributed by atoms with Crippen molar-refractivity contribution in [2.45, 2.75) is 5.54 Å². The van der Waals surface area contributed by atoms with Crippen molar-refractivity contribution in [3.63, 3.8) is 0 Å². The Morgan fingerprint density at radius 3 is 1.71 bits per heavy atom. The third-order valence-corrected chi connectivity index (χ3v) is 6.24. The van der Waals surface area contributed by atoms with Crippen LogP contribution in [-0.4, -0.2) is 10.2 Å².